The number of benzene rings is 2. The van der Waals surface area contributed by atoms with Gasteiger partial charge in [0, 0.05) is 44.4 Å². The Morgan fingerprint density at radius 2 is 1.73 bits per heavy atom. The van der Waals surface area contributed by atoms with Crippen LogP contribution >= 0.6 is 0 Å². The van der Waals surface area contributed by atoms with Gasteiger partial charge < -0.3 is 15.1 Å². The van der Waals surface area contributed by atoms with Crippen LogP contribution in [0.25, 0.3) is 0 Å². The summed E-state index contributed by atoms with van der Waals surface area (Å²) in [7, 11) is 4.01. The molecule has 1 fully saturated rings. The average Bonchev–Trinajstić information content (AvgIpc) is 2.69. The van der Waals surface area contributed by atoms with Crippen molar-refractivity contribution in [1.82, 2.24) is 4.90 Å². The van der Waals surface area contributed by atoms with Gasteiger partial charge in [0.15, 0.2) is 0 Å². The van der Waals surface area contributed by atoms with Crippen LogP contribution in [0.5, 0.6) is 0 Å². The van der Waals surface area contributed by atoms with Gasteiger partial charge in [0.2, 0.25) is 11.8 Å². The molecule has 0 saturated heterocycles. The zero-order valence-electron chi connectivity index (χ0n) is 21.0. The normalized spacial score (nSPS) is 14.8. The van der Waals surface area contributed by atoms with Crippen LogP contribution < -0.4 is 10.2 Å². The van der Waals surface area contributed by atoms with Gasteiger partial charge in [0.25, 0.3) is 0 Å². The maximum absolute atomic E-state index is 13.5. The SMILES string of the molecule is C[C@@H](c1ccccc1)N(Cc1cc(NC(=O)C2CCC2)ccc1N(C)C)C(=O)CC(C)(C)C. The maximum Gasteiger partial charge on any atom is 0.227 e. The van der Waals surface area contributed by atoms with Crippen molar-refractivity contribution in [3.8, 4) is 0 Å². The maximum atomic E-state index is 13.5. The Kier molecular flexibility index (Phi) is 7.83. The van der Waals surface area contributed by atoms with Gasteiger partial charge in [0.1, 0.15) is 0 Å². The fraction of sp³-hybridized carbons (Fsp3) is 0.500. The van der Waals surface area contributed by atoms with Gasteiger partial charge in [0.05, 0.1) is 6.04 Å². The van der Waals surface area contributed by atoms with E-state index in [1.807, 2.05) is 55.4 Å². The largest absolute Gasteiger partial charge is 0.377 e. The predicted molar refractivity (Wildman–Crippen MR) is 136 cm³/mol. The summed E-state index contributed by atoms with van der Waals surface area (Å²) < 4.78 is 0. The van der Waals surface area contributed by atoms with Crippen molar-refractivity contribution in [3.05, 3.63) is 59.7 Å². The van der Waals surface area contributed by atoms with Crippen LogP contribution in [0.15, 0.2) is 48.5 Å². The summed E-state index contributed by atoms with van der Waals surface area (Å²) >= 11 is 0. The van der Waals surface area contributed by atoms with Crippen LogP contribution in [-0.4, -0.2) is 30.8 Å². The van der Waals surface area contributed by atoms with Crippen molar-refractivity contribution in [2.75, 3.05) is 24.3 Å². The number of nitrogens with zero attached hydrogens (tertiary/aromatic N) is 2. The van der Waals surface area contributed by atoms with Crippen LogP contribution in [0.1, 0.15) is 70.5 Å². The van der Waals surface area contributed by atoms with Gasteiger partial charge in [-0.25, -0.2) is 0 Å². The lowest BCUT2D eigenvalue weighted by atomic mass is 9.85. The number of amides is 2. The van der Waals surface area contributed by atoms with Gasteiger partial charge in [-0.15, -0.1) is 0 Å². The number of anilines is 2. The first-order valence-corrected chi connectivity index (χ1v) is 12.0. The molecule has 1 N–H and O–H groups in total. The molecule has 1 aliphatic rings. The third kappa shape index (κ3) is 6.59. The molecule has 1 aliphatic carbocycles. The van der Waals surface area contributed by atoms with Gasteiger partial charge in [-0.05, 0) is 54.5 Å². The van der Waals surface area contributed by atoms with E-state index in [1.54, 1.807) is 0 Å². The van der Waals surface area contributed by atoms with Gasteiger partial charge in [-0.2, -0.15) is 0 Å². The number of carbonyl (C=O) groups is 2. The molecular weight excluding hydrogens is 410 g/mol. The Balaban J connectivity index is 1.92. The molecule has 2 aromatic rings. The highest BCUT2D eigenvalue weighted by molar-refractivity contribution is 5.93. The summed E-state index contributed by atoms with van der Waals surface area (Å²) in [5, 5.41) is 3.09. The molecule has 1 atom stereocenters. The van der Waals surface area contributed by atoms with Crippen LogP contribution in [0.3, 0.4) is 0 Å². The predicted octanol–water partition coefficient (Wildman–Crippen LogP) is 6.02. The minimum absolute atomic E-state index is 0.0655. The van der Waals surface area contributed by atoms with Crippen molar-refractivity contribution in [2.45, 2.75) is 66.0 Å². The van der Waals surface area contributed by atoms with Gasteiger partial charge in [-0.3, -0.25) is 9.59 Å². The second-order valence-corrected chi connectivity index (χ2v) is 10.7. The highest BCUT2D eigenvalue weighted by Gasteiger charge is 2.28. The lowest BCUT2D eigenvalue weighted by molar-refractivity contribution is -0.136. The van der Waals surface area contributed by atoms with E-state index in [4.69, 9.17) is 0 Å². The lowest BCUT2D eigenvalue weighted by Gasteiger charge is -2.33. The van der Waals surface area contributed by atoms with Crippen LogP contribution in [-0.2, 0) is 16.1 Å². The molecule has 3 rings (SSSR count). The quantitative estimate of drug-likeness (QED) is 0.536. The van der Waals surface area contributed by atoms with Crippen LogP contribution in [0.2, 0.25) is 0 Å². The Morgan fingerprint density at radius 1 is 1.06 bits per heavy atom. The number of hydrogen-bond acceptors (Lipinski definition) is 3. The van der Waals surface area contributed by atoms with E-state index in [1.165, 1.54) is 0 Å². The van der Waals surface area contributed by atoms with Crippen molar-refractivity contribution in [1.29, 1.82) is 0 Å². The Labute approximate surface area is 199 Å². The number of hydrogen-bond donors (Lipinski definition) is 1. The standard InChI is InChI=1S/C28H39N3O2/c1-20(21-11-8-7-9-12-21)31(26(32)18-28(2,3)4)19-23-17-24(15-16-25(23)30(5)6)29-27(33)22-13-10-14-22/h7-9,11-12,15-17,20,22H,10,13-14,18-19H2,1-6H3,(H,29,33)/t20-/m0/s1. The van der Waals surface area contributed by atoms with Crippen LogP contribution in [0, 0.1) is 11.3 Å². The smallest absolute Gasteiger partial charge is 0.227 e. The molecule has 0 heterocycles. The van der Waals surface area contributed by atoms with E-state index in [0.29, 0.717) is 13.0 Å². The van der Waals surface area contributed by atoms with E-state index >= 15 is 0 Å². The summed E-state index contributed by atoms with van der Waals surface area (Å²) in [5.74, 6) is 0.362. The summed E-state index contributed by atoms with van der Waals surface area (Å²) in [6.45, 7) is 8.85. The molecule has 0 spiro atoms. The first-order valence-electron chi connectivity index (χ1n) is 12.0. The number of rotatable bonds is 8. The fourth-order valence-corrected chi connectivity index (χ4v) is 4.23. The zero-order chi connectivity index (χ0) is 24.2. The van der Waals surface area contributed by atoms with E-state index in [-0.39, 0.29) is 29.2 Å². The van der Waals surface area contributed by atoms with Crippen molar-refractivity contribution >= 4 is 23.2 Å². The van der Waals surface area contributed by atoms with E-state index in [9.17, 15) is 9.59 Å². The second-order valence-electron chi connectivity index (χ2n) is 10.7. The molecule has 1 saturated carbocycles. The second kappa shape index (κ2) is 10.4. The fourth-order valence-electron chi connectivity index (χ4n) is 4.23. The summed E-state index contributed by atoms with van der Waals surface area (Å²) in [5.41, 5.74) is 3.87. The molecule has 0 aromatic heterocycles. The molecular formula is C28H39N3O2. The minimum Gasteiger partial charge on any atom is -0.377 e. The van der Waals surface area contributed by atoms with Crippen LogP contribution in [0.4, 0.5) is 11.4 Å². The highest BCUT2D eigenvalue weighted by Crippen LogP contribution is 2.32. The lowest BCUT2D eigenvalue weighted by Crippen LogP contribution is -2.36. The Hall–Kier alpha value is -2.82. The Bertz CT molecular complexity index is 959. The molecule has 2 aromatic carbocycles. The summed E-state index contributed by atoms with van der Waals surface area (Å²) in [6, 6.07) is 16.1. The highest BCUT2D eigenvalue weighted by atomic mass is 16.2. The molecule has 5 heteroatoms. The molecule has 0 radical (unpaired) electrons. The third-order valence-electron chi connectivity index (χ3n) is 6.40. The molecule has 33 heavy (non-hydrogen) atoms. The zero-order valence-corrected chi connectivity index (χ0v) is 21.0. The van der Waals surface area contributed by atoms with E-state index in [0.717, 1.165) is 41.8 Å². The molecule has 5 nitrogen and oxygen atoms in total. The Morgan fingerprint density at radius 3 is 2.27 bits per heavy atom. The molecule has 0 bridgehead atoms. The summed E-state index contributed by atoms with van der Waals surface area (Å²) in [6.07, 6.45) is 3.54. The first-order chi connectivity index (χ1) is 15.5. The number of nitrogens with one attached hydrogen (secondary N) is 1. The average molecular weight is 450 g/mol. The van der Waals surface area contributed by atoms with E-state index < -0.39 is 0 Å². The van der Waals surface area contributed by atoms with Gasteiger partial charge >= 0.3 is 0 Å². The van der Waals surface area contributed by atoms with Crippen molar-refractivity contribution in [3.63, 3.8) is 0 Å². The molecule has 178 valence electrons. The summed E-state index contributed by atoms with van der Waals surface area (Å²) in [4.78, 5) is 30.1. The van der Waals surface area contributed by atoms with Crippen molar-refractivity contribution < 1.29 is 9.59 Å². The first kappa shape index (κ1) is 24.8. The third-order valence-corrected chi connectivity index (χ3v) is 6.40. The monoisotopic (exact) mass is 449 g/mol. The van der Waals surface area contributed by atoms with Gasteiger partial charge in [-0.1, -0.05) is 57.5 Å². The van der Waals surface area contributed by atoms with E-state index in [2.05, 4.69) is 50.0 Å². The molecule has 0 unspecified atom stereocenters. The van der Waals surface area contributed by atoms with Crippen molar-refractivity contribution in [2.24, 2.45) is 11.3 Å². The topological polar surface area (TPSA) is 52.7 Å². The minimum atomic E-state index is -0.102. The molecule has 2 amide bonds. The molecule has 0 aliphatic heterocycles. The number of carbonyl (C=O) groups excluding carboxylic acids is 2.